The fraction of sp³-hybridized carbons (Fsp3) is 0.500. The Balaban J connectivity index is 2.29. The summed E-state index contributed by atoms with van der Waals surface area (Å²) < 4.78 is 27.3. The molecule has 0 aliphatic carbocycles. The first kappa shape index (κ1) is 11.9. The Morgan fingerprint density at radius 3 is 3.00 bits per heavy atom. The first-order valence-electron chi connectivity index (χ1n) is 5.42. The molecule has 0 bridgehead atoms. The van der Waals surface area contributed by atoms with Crippen LogP contribution < -0.4 is 5.32 Å². The third-order valence-electron chi connectivity index (χ3n) is 2.73. The Morgan fingerprint density at radius 2 is 2.25 bits per heavy atom. The van der Waals surface area contributed by atoms with Crippen LogP contribution >= 0.6 is 11.8 Å². The lowest BCUT2D eigenvalue weighted by Crippen LogP contribution is -2.28. The van der Waals surface area contributed by atoms with Crippen molar-refractivity contribution < 1.29 is 8.78 Å². The van der Waals surface area contributed by atoms with Crippen molar-refractivity contribution in [3.05, 3.63) is 29.3 Å². The average Bonchev–Trinajstić information content (AvgIpc) is 2.28. The Hall–Kier alpha value is -0.610. The number of rotatable bonds is 3. The third-order valence-corrected chi connectivity index (χ3v) is 3.93. The lowest BCUT2D eigenvalue weighted by molar-refractivity contribution is -0.00138. The predicted molar refractivity (Wildman–Crippen MR) is 63.3 cm³/mol. The number of hydrogen-bond donors (Lipinski definition) is 1. The number of benzene rings is 1. The van der Waals surface area contributed by atoms with Crippen LogP contribution in [0.4, 0.5) is 8.78 Å². The molecule has 0 spiro atoms. The number of aryl methyl sites for hydroxylation is 1. The van der Waals surface area contributed by atoms with Gasteiger partial charge in [-0.1, -0.05) is 6.07 Å². The maximum Gasteiger partial charge on any atom is 0.285 e. The molecule has 0 amide bonds. The van der Waals surface area contributed by atoms with Gasteiger partial charge in [0.15, 0.2) is 0 Å². The van der Waals surface area contributed by atoms with Crippen molar-refractivity contribution in [3.63, 3.8) is 0 Å². The second kappa shape index (κ2) is 4.72. The smallest absolute Gasteiger partial charge is 0.285 e. The minimum atomic E-state index is -2.77. The highest BCUT2D eigenvalue weighted by molar-refractivity contribution is 7.99. The number of thioether (sulfide) groups is 1. The van der Waals surface area contributed by atoms with Gasteiger partial charge in [0.2, 0.25) is 0 Å². The van der Waals surface area contributed by atoms with E-state index in [0.29, 0.717) is 0 Å². The summed E-state index contributed by atoms with van der Waals surface area (Å²) in [4.78, 5) is 1.16. The summed E-state index contributed by atoms with van der Waals surface area (Å²) in [6.07, 6.45) is 2.00. The molecule has 0 saturated carbocycles. The topological polar surface area (TPSA) is 12.0 Å². The fourth-order valence-electron chi connectivity index (χ4n) is 1.91. The number of fused-ring (bicyclic) bond motifs is 1. The van der Waals surface area contributed by atoms with E-state index < -0.39 is 5.92 Å². The Kier molecular flexibility index (Phi) is 3.50. The standard InChI is InChI=1S/C12H15F2NS/c1-15-8-12(13,14)10-4-5-11-9(7-10)3-2-6-16-11/h4-5,7,15H,2-3,6,8H2,1H3. The first-order chi connectivity index (χ1) is 7.63. The minimum Gasteiger partial charge on any atom is -0.314 e. The lowest BCUT2D eigenvalue weighted by atomic mass is 10.0. The van der Waals surface area contributed by atoms with Gasteiger partial charge in [0.1, 0.15) is 0 Å². The largest absolute Gasteiger partial charge is 0.314 e. The van der Waals surface area contributed by atoms with Gasteiger partial charge in [-0.2, -0.15) is 8.78 Å². The SMILES string of the molecule is CNCC(F)(F)c1ccc2c(c1)CCCS2. The van der Waals surface area contributed by atoms with Crippen LogP contribution in [0.5, 0.6) is 0 Å². The second-order valence-corrected chi connectivity index (χ2v) is 5.15. The van der Waals surface area contributed by atoms with Gasteiger partial charge in [-0.15, -0.1) is 11.8 Å². The molecule has 0 unspecified atom stereocenters. The average molecular weight is 243 g/mol. The molecule has 1 aliphatic rings. The van der Waals surface area contributed by atoms with E-state index in [-0.39, 0.29) is 12.1 Å². The molecule has 1 aromatic carbocycles. The van der Waals surface area contributed by atoms with Gasteiger partial charge >= 0.3 is 0 Å². The van der Waals surface area contributed by atoms with E-state index >= 15 is 0 Å². The maximum absolute atomic E-state index is 13.7. The van der Waals surface area contributed by atoms with Gasteiger partial charge in [-0.05, 0) is 43.3 Å². The Bertz CT molecular complexity index is 379. The molecular weight excluding hydrogens is 228 g/mol. The summed E-state index contributed by atoms with van der Waals surface area (Å²) in [6.45, 7) is -0.307. The van der Waals surface area contributed by atoms with Gasteiger partial charge in [0.05, 0.1) is 6.54 Å². The molecule has 1 nitrogen and oxygen atoms in total. The van der Waals surface area contributed by atoms with Crippen LogP contribution in [0.1, 0.15) is 17.5 Å². The highest BCUT2D eigenvalue weighted by Gasteiger charge is 2.31. The quantitative estimate of drug-likeness (QED) is 0.875. The van der Waals surface area contributed by atoms with E-state index in [1.807, 2.05) is 6.07 Å². The normalized spacial score (nSPS) is 15.9. The zero-order valence-corrected chi connectivity index (χ0v) is 10.0. The molecule has 1 aromatic rings. The number of likely N-dealkylation sites (N-methyl/N-ethyl adjacent to an activating group) is 1. The summed E-state index contributed by atoms with van der Waals surface area (Å²) in [6, 6.07) is 5.05. The van der Waals surface area contributed by atoms with Crippen LogP contribution in [0.3, 0.4) is 0 Å². The molecule has 0 aromatic heterocycles. The van der Waals surface area contributed by atoms with Gasteiger partial charge in [0, 0.05) is 10.5 Å². The highest BCUT2D eigenvalue weighted by atomic mass is 32.2. The molecule has 2 rings (SSSR count). The molecule has 1 heterocycles. The molecule has 0 radical (unpaired) electrons. The molecular formula is C12H15F2NS. The maximum atomic E-state index is 13.7. The summed E-state index contributed by atoms with van der Waals surface area (Å²) in [5, 5.41) is 2.53. The molecule has 88 valence electrons. The molecule has 0 atom stereocenters. The van der Waals surface area contributed by atoms with E-state index in [1.54, 1.807) is 30.9 Å². The van der Waals surface area contributed by atoms with Crippen LogP contribution in [-0.2, 0) is 12.3 Å². The van der Waals surface area contributed by atoms with Crippen molar-refractivity contribution in [2.45, 2.75) is 23.7 Å². The van der Waals surface area contributed by atoms with E-state index in [9.17, 15) is 8.78 Å². The lowest BCUT2D eigenvalue weighted by Gasteiger charge is -2.20. The second-order valence-electron chi connectivity index (χ2n) is 4.01. The molecule has 4 heteroatoms. The van der Waals surface area contributed by atoms with Crippen molar-refractivity contribution in [1.29, 1.82) is 0 Å². The zero-order chi connectivity index (χ0) is 11.6. The van der Waals surface area contributed by atoms with E-state index in [1.165, 1.54) is 0 Å². The van der Waals surface area contributed by atoms with Crippen molar-refractivity contribution >= 4 is 11.8 Å². The third kappa shape index (κ3) is 2.38. The van der Waals surface area contributed by atoms with Gasteiger partial charge in [-0.3, -0.25) is 0 Å². The summed E-state index contributed by atoms with van der Waals surface area (Å²) in [5.41, 5.74) is 1.20. The number of nitrogens with one attached hydrogen (secondary N) is 1. The zero-order valence-electron chi connectivity index (χ0n) is 9.22. The van der Waals surface area contributed by atoms with Crippen LogP contribution in [-0.4, -0.2) is 19.3 Å². The minimum absolute atomic E-state index is 0.128. The summed E-state index contributed by atoms with van der Waals surface area (Å²) in [7, 11) is 1.54. The van der Waals surface area contributed by atoms with E-state index in [2.05, 4.69) is 5.32 Å². The molecule has 0 saturated heterocycles. The fourth-order valence-corrected chi connectivity index (χ4v) is 2.93. The van der Waals surface area contributed by atoms with Gasteiger partial charge in [-0.25, -0.2) is 0 Å². The van der Waals surface area contributed by atoms with Gasteiger partial charge in [0.25, 0.3) is 5.92 Å². The van der Waals surface area contributed by atoms with Crippen LogP contribution in [0, 0.1) is 0 Å². The van der Waals surface area contributed by atoms with Crippen LogP contribution in [0.15, 0.2) is 23.1 Å². The van der Waals surface area contributed by atoms with E-state index in [0.717, 1.165) is 29.1 Å². The van der Waals surface area contributed by atoms with Crippen molar-refractivity contribution in [3.8, 4) is 0 Å². The predicted octanol–water partition coefficient (Wildman–Crippen LogP) is 3.04. The Labute approximate surface area is 98.6 Å². The monoisotopic (exact) mass is 243 g/mol. The number of alkyl halides is 2. The number of hydrogen-bond acceptors (Lipinski definition) is 2. The molecule has 16 heavy (non-hydrogen) atoms. The van der Waals surface area contributed by atoms with Crippen LogP contribution in [0.25, 0.3) is 0 Å². The molecule has 1 N–H and O–H groups in total. The van der Waals surface area contributed by atoms with Crippen molar-refractivity contribution in [1.82, 2.24) is 5.32 Å². The summed E-state index contributed by atoms with van der Waals surface area (Å²) >= 11 is 1.76. The van der Waals surface area contributed by atoms with Gasteiger partial charge < -0.3 is 5.32 Å². The summed E-state index contributed by atoms with van der Waals surface area (Å²) in [5.74, 6) is -1.68. The highest BCUT2D eigenvalue weighted by Crippen LogP contribution is 2.34. The van der Waals surface area contributed by atoms with Crippen molar-refractivity contribution in [2.24, 2.45) is 0 Å². The molecule has 1 aliphatic heterocycles. The van der Waals surface area contributed by atoms with E-state index in [4.69, 9.17) is 0 Å². The Morgan fingerprint density at radius 1 is 1.44 bits per heavy atom. The van der Waals surface area contributed by atoms with Crippen LogP contribution in [0.2, 0.25) is 0 Å². The molecule has 0 fully saturated rings. The first-order valence-corrected chi connectivity index (χ1v) is 6.41. The number of halogens is 2. The van der Waals surface area contributed by atoms with Crippen molar-refractivity contribution in [2.75, 3.05) is 19.3 Å².